The van der Waals surface area contributed by atoms with Crippen molar-refractivity contribution in [1.29, 1.82) is 0 Å². The molecule has 2 atom stereocenters. The van der Waals surface area contributed by atoms with Gasteiger partial charge in [-0.25, -0.2) is 9.78 Å². The number of hydrogen-bond acceptors (Lipinski definition) is 5. The van der Waals surface area contributed by atoms with Crippen LogP contribution in [0.3, 0.4) is 0 Å². The van der Waals surface area contributed by atoms with E-state index in [1.165, 1.54) is 0 Å². The molecule has 1 aliphatic rings. The van der Waals surface area contributed by atoms with Crippen LogP contribution in [0.25, 0.3) is 0 Å². The average molecular weight is 453 g/mol. The molecular weight excluding hydrogens is 427 g/mol. The molecule has 0 saturated carbocycles. The lowest BCUT2D eigenvalue weighted by Gasteiger charge is -2.31. The zero-order valence-electron chi connectivity index (χ0n) is 17.0. The van der Waals surface area contributed by atoms with E-state index in [-0.39, 0.29) is 24.7 Å². The van der Waals surface area contributed by atoms with Crippen molar-refractivity contribution in [2.45, 2.75) is 32.0 Å². The number of ether oxygens (including phenoxy) is 1. The Balaban J connectivity index is 1.70. The number of aliphatic hydroxyl groups is 1. The molecule has 0 bridgehead atoms. The Morgan fingerprint density at radius 1 is 1.30 bits per heavy atom. The second-order valence-corrected chi connectivity index (χ2v) is 8.18. The average Bonchev–Trinajstić information content (AvgIpc) is 2.74. The summed E-state index contributed by atoms with van der Waals surface area (Å²) < 4.78 is 5.29. The van der Waals surface area contributed by atoms with Gasteiger partial charge in [-0.05, 0) is 48.2 Å². The summed E-state index contributed by atoms with van der Waals surface area (Å²) in [5.41, 5.74) is 2.99. The minimum atomic E-state index is -0.348. The monoisotopic (exact) mass is 452 g/mol. The topological polar surface area (TPSA) is 86.7 Å². The Labute approximate surface area is 186 Å². The Kier molecular flexibility index (Phi) is 7.77. The molecule has 3 rings (SSSR count). The third kappa shape index (κ3) is 5.55. The lowest BCUT2D eigenvalue weighted by atomic mass is 10.0. The van der Waals surface area contributed by atoms with Crippen LogP contribution in [0.5, 0.6) is 0 Å². The molecule has 2 heterocycles. The van der Waals surface area contributed by atoms with Crippen LogP contribution >= 0.6 is 23.2 Å². The van der Waals surface area contributed by atoms with Gasteiger partial charge in [0.05, 0.1) is 29.3 Å². The van der Waals surface area contributed by atoms with E-state index in [9.17, 15) is 9.90 Å². The number of hydrogen-bond donors (Lipinski definition) is 3. The molecule has 7 nitrogen and oxygen atoms in total. The molecule has 0 aliphatic carbocycles. The molecule has 2 amide bonds. The van der Waals surface area contributed by atoms with E-state index in [1.807, 2.05) is 25.3 Å². The van der Waals surface area contributed by atoms with Crippen LogP contribution in [0.2, 0.25) is 10.0 Å². The van der Waals surface area contributed by atoms with Gasteiger partial charge in [0.15, 0.2) is 0 Å². The number of rotatable bonds is 7. The molecule has 1 aromatic carbocycles. The molecule has 0 fully saturated rings. The molecule has 3 N–H and O–H groups in total. The fourth-order valence-corrected chi connectivity index (χ4v) is 3.65. The molecule has 1 aliphatic heterocycles. The zero-order chi connectivity index (χ0) is 21.7. The van der Waals surface area contributed by atoms with Gasteiger partial charge in [-0.15, -0.1) is 0 Å². The molecule has 162 valence electrons. The predicted molar refractivity (Wildman–Crippen MR) is 118 cm³/mol. The third-order valence-electron chi connectivity index (χ3n) is 5.03. The van der Waals surface area contributed by atoms with E-state index >= 15 is 0 Å². The first-order valence-electron chi connectivity index (χ1n) is 9.75. The van der Waals surface area contributed by atoms with Crippen LogP contribution in [0.15, 0.2) is 30.5 Å². The maximum atomic E-state index is 13.0. The zero-order valence-corrected chi connectivity index (χ0v) is 18.5. The first-order chi connectivity index (χ1) is 14.4. The highest BCUT2D eigenvalue weighted by Gasteiger charge is 2.24. The summed E-state index contributed by atoms with van der Waals surface area (Å²) in [7, 11) is 1.59. The molecule has 0 radical (unpaired) electrons. The summed E-state index contributed by atoms with van der Waals surface area (Å²) in [6.07, 6.45) is 2.56. The highest BCUT2D eigenvalue weighted by atomic mass is 35.5. The van der Waals surface area contributed by atoms with E-state index in [0.717, 1.165) is 23.1 Å². The first-order valence-corrected chi connectivity index (χ1v) is 10.5. The number of urea groups is 1. The largest absolute Gasteiger partial charge is 0.394 e. The van der Waals surface area contributed by atoms with Crippen LogP contribution in [0.1, 0.15) is 29.7 Å². The summed E-state index contributed by atoms with van der Waals surface area (Å²) in [5, 5.41) is 16.3. The third-order valence-corrected chi connectivity index (χ3v) is 5.77. The van der Waals surface area contributed by atoms with E-state index in [2.05, 4.69) is 15.6 Å². The second-order valence-electron chi connectivity index (χ2n) is 7.37. The lowest BCUT2D eigenvalue weighted by Crippen LogP contribution is -2.45. The smallest absolute Gasteiger partial charge is 0.318 e. The number of nitrogens with one attached hydrogen (secondary N) is 2. The minimum absolute atomic E-state index is 0.0168. The van der Waals surface area contributed by atoms with Gasteiger partial charge in [-0.1, -0.05) is 29.3 Å². The highest BCUT2D eigenvalue weighted by Crippen LogP contribution is 2.27. The number of benzene rings is 1. The number of halogens is 2. The van der Waals surface area contributed by atoms with Crippen molar-refractivity contribution >= 4 is 35.1 Å². The van der Waals surface area contributed by atoms with Crippen molar-refractivity contribution in [2.24, 2.45) is 0 Å². The van der Waals surface area contributed by atoms with Crippen LogP contribution in [0.4, 0.5) is 10.6 Å². The number of aromatic nitrogens is 1. The number of anilines is 1. The van der Waals surface area contributed by atoms with Crippen molar-refractivity contribution in [3.05, 3.63) is 57.2 Å². The van der Waals surface area contributed by atoms with Crippen molar-refractivity contribution in [3.63, 3.8) is 0 Å². The number of fused-ring (bicyclic) bond motifs is 1. The number of aliphatic hydroxyl groups excluding tert-OH is 1. The molecule has 2 aromatic rings. The molecule has 0 unspecified atom stereocenters. The van der Waals surface area contributed by atoms with Crippen LogP contribution in [-0.4, -0.2) is 53.9 Å². The number of amides is 2. The van der Waals surface area contributed by atoms with E-state index in [4.69, 9.17) is 27.9 Å². The standard InChI is InChI=1S/C21H26Cl2N4O3/c1-13(11-28)25-20-8-16-10-27(6-5-15(16)9-24-20)21(29)26-19(12-30-2)14-3-4-17(22)18(23)7-14/h3-4,7-9,13,19,28H,5-6,10-12H2,1-2H3,(H,24,25)(H,26,29)/t13-,19+/m0/s1. The summed E-state index contributed by atoms with van der Waals surface area (Å²) in [4.78, 5) is 19.1. The van der Waals surface area contributed by atoms with E-state index in [1.54, 1.807) is 24.1 Å². The molecule has 30 heavy (non-hydrogen) atoms. The Hall–Kier alpha value is -2.06. The van der Waals surface area contributed by atoms with Crippen LogP contribution in [0, 0.1) is 0 Å². The predicted octanol–water partition coefficient (Wildman–Crippen LogP) is 3.64. The van der Waals surface area contributed by atoms with Crippen LogP contribution < -0.4 is 10.6 Å². The SMILES string of the molecule is COC[C@@H](NC(=O)N1CCc2cnc(N[C@@H](C)CO)cc2C1)c1ccc(Cl)c(Cl)c1. The Morgan fingerprint density at radius 2 is 2.10 bits per heavy atom. The van der Waals surface area contributed by atoms with Gasteiger partial charge in [0.2, 0.25) is 0 Å². The highest BCUT2D eigenvalue weighted by molar-refractivity contribution is 6.42. The van der Waals surface area contributed by atoms with Crippen molar-refractivity contribution in [1.82, 2.24) is 15.2 Å². The Bertz CT molecular complexity index is 897. The van der Waals surface area contributed by atoms with Crippen LogP contribution in [-0.2, 0) is 17.7 Å². The lowest BCUT2D eigenvalue weighted by molar-refractivity contribution is 0.152. The van der Waals surface area contributed by atoms with Gasteiger partial charge in [0.25, 0.3) is 0 Å². The first kappa shape index (κ1) is 22.6. The van der Waals surface area contributed by atoms with Gasteiger partial charge >= 0.3 is 6.03 Å². The van der Waals surface area contributed by atoms with Crippen molar-refractivity contribution in [2.75, 3.05) is 32.2 Å². The number of carbonyl (C=O) groups excluding carboxylic acids is 1. The fourth-order valence-electron chi connectivity index (χ4n) is 3.35. The van der Waals surface area contributed by atoms with Gasteiger partial charge < -0.3 is 25.4 Å². The number of methoxy groups -OCH3 is 1. The molecule has 1 aromatic heterocycles. The quantitative estimate of drug-likeness (QED) is 0.596. The molecule has 0 saturated heterocycles. The number of nitrogens with zero attached hydrogens (tertiary/aromatic N) is 2. The van der Waals surface area contributed by atoms with Gasteiger partial charge in [-0.2, -0.15) is 0 Å². The van der Waals surface area contributed by atoms with Gasteiger partial charge in [0.1, 0.15) is 5.82 Å². The molecule has 0 spiro atoms. The van der Waals surface area contributed by atoms with Gasteiger partial charge in [0, 0.05) is 32.4 Å². The summed E-state index contributed by atoms with van der Waals surface area (Å²) in [6.45, 7) is 3.28. The van der Waals surface area contributed by atoms with E-state index < -0.39 is 0 Å². The normalized spacial score (nSPS) is 15.3. The summed E-state index contributed by atoms with van der Waals surface area (Å²) in [6, 6.07) is 6.59. The van der Waals surface area contributed by atoms with Gasteiger partial charge in [-0.3, -0.25) is 0 Å². The number of carbonyl (C=O) groups is 1. The minimum Gasteiger partial charge on any atom is -0.394 e. The summed E-state index contributed by atoms with van der Waals surface area (Å²) in [5.74, 6) is 0.686. The van der Waals surface area contributed by atoms with E-state index in [0.29, 0.717) is 35.6 Å². The van der Waals surface area contributed by atoms with Crippen molar-refractivity contribution < 1.29 is 14.6 Å². The molecule has 9 heteroatoms. The maximum Gasteiger partial charge on any atom is 0.318 e. The number of pyridine rings is 1. The second kappa shape index (κ2) is 10.3. The molecular formula is C21H26Cl2N4O3. The van der Waals surface area contributed by atoms with Crippen molar-refractivity contribution in [3.8, 4) is 0 Å². The Morgan fingerprint density at radius 3 is 2.80 bits per heavy atom. The summed E-state index contributed by atoms with van der Waals surface area (Å²) >= 11 is 12.1. The maximum absolute atomic E-state index is 13.0. The fraction of sp³-hybridized carbons (Fsp3) is 0.429.